The number of nitrogens with one attached hydrogen (secondary N) is 1. The van der Waals surface area contributed by atoms with E-state index in [-0.39, 0.29) is 5.91 Å². The molecule has 0 bridgehead atoms. The second kappa shape index (κ2) is 5.10. The molecule has 0 spiro atoms. The highest BCUT2D eigenvalue weighted by Gasteiger charge is 2.23. The number of nitrogens with two attached hydrogens (primary N) is 1. The number of halogens is 1. The van der Waals surface area contributed by atoms with Crippen LogP contribution < -0.4 is 11.1 Å². The summed E-state index contributed by atoms with van der Waals surface area (Å²) in [6.45, 7) is 0. The lowest BCUT2D eigenvalue weighted by Crippen LogP contribution is -2.27. The monoisotopic (exact) mass is 300 g/mol. The molecule has 1 aromatic rings. The summed E-state index contributed by atoms with van der Waals surface area (Å²) in [5.41, 5.74) is 6.53. The summed E-state index contributed by atoms with van der Waals surface area (Å²) in [6, 6.07) is 6.09. The predicted octanol–water partition coefficient (Wildman–Crippen LogP) is 2.40. The Hall–Kier alpha value is -0.680. The van der Waals surface area contributed by atoms with Gasteiger partial charge < -0.3 is 11.1 Å². The first-order valence-corrected chi connectivity index (χ1v) is 6.90. The Morgan fingerprint density at radius 2 is 2.31 bits per heavy atom. The van der Waals surface area contributed by atoms with Crippen molar-refractivity contribution in [1.29, 1.82) is 0 Å². The fourth-order valence-electron chi connectivity index (χ4n) is 1.27. The van der Waals surface area contributed by atoms with Gasteiger partial charge in [-0.15, -0.1) is 11.8 Å². The van der Waals surface area contributed by atoms with Crippen molar-refractivity contribution >= 4 is 39.3 Å². The van der Waals surface area contributed by atoms with Crippen molar-refractivity contribution in [2.45, 2.75) is 23.8 Å². The van der Waals surface area contributed by atoms with E-state index in [1.165, 1.54) is 11.8 Å². The predicted molar refractivity (Wildman–Crippen MR) is 70.4 cm³/mol. The van der Waals surface area contributed by atoms with Crippen LogP contribution in [0.5, 0.6) is 0 Å². The molecule has 0 aliphatic heterocycles. The van der Waals surface area contributed by atoms with Gasteiger partial charge in [-0.3, -0.25) is 4.79 Å². The fourth-order valence-corrected chi connectivity index (χ4v) is 2.60. The molecule has 0 heterocycles. The summed E-state index contributed by atoms with van der Waals surface area (Å²) in [5, 5.41) is 2.95. The van der Waals surface area contributed by atoms with Gasteiger partial charge >= 0.3 is 0 Å². The van der Waals surface area contributed by atoms with Crippen molar-refractivity contribution in [2.75, 3.05) is 11.5 Å². The average Bonchev–Trinajstić information content (AvgIpc) is 3.03. The Kier molecular flexibility index (Phi) is 3.76. The molecule has 1 aliphatic rings. The summed E-state index contributed by atoms with van der Waals surface area (Å²) in [4.78, 5) is 12.4. The van der Waals surface area contributed by atoms with Gasteiger partial charge in [0.05, 0.1) is 5.75 Å². The Balaban J connectivity index is 1.87. The second-order valence-corrected chi connectivity index (χ2v) is 5.75. The maximum absolute atomic E-state index is 11.5. The molecule has 0 radical (unpaired) electrons. The lowest BCUT2D eigenvalue weighted by atomic mass is 10.3. The number of anilines is 1. The standard InChI is InChI=1S/C11H13BrN2OS/c12-7-1-4-9(13)10(5-7)16-6-11(15)14-8-2-3-8/h1,4-5,8H,2-3,6,13H2,(H,14,15). The minimum atomic E-state index is 0.0897. The Bertz CT molecular complexity index is 407. The lowest BCUT2D eigenvalue weighted by Gasteiger charge is -2.06. The van der Waals surface area contributed by atoms with E-state index in [2.05, 4.69) is 21.2 Å². The zero-order valence-corrected chi connectivity index (χ0v) is 11.1. The third kappa shape index (κ3) is 3.42. The molecule has 1 aliphatic carbocycles. The molecule has 1 aromatic carbocycles. The van der Waals surface area contributed by atoms with Crippen LogP contribution in [0.25, 0.3) is 0 Å². The van der Waals surface area contributed by atoms with Crippen LogP contribution in [-0.2, 0) is 4.79 Å². The van der Waals surface area contributed by atoms with E-state index in [0.29, 0.717) is 17.5 Å². The van der Waals surface area contributed by atoms with Crippen LogP contribution in [0, 0.1) is 0 Å². The Morgan fingerprint density at radius 3 is 3.00 bits per heavy atom. The molecule has 1 amide bonds. The third-order valence-corrected chi connectivity index (χ3v) is 3.84. The van der Waals surface area contributed by atoms with E-state index in [9.17, 15) is 4.79 Å². The molecule has 16 heavy (non-hydrogen) atoms. The molecule has 0 atom stereocenters. The SMILES string of the molecule is Nc1ccc(Br)cc1SCC(=O)NC1CC1. The van der Waals surface area contributed by atoms with Gasteiger partial charge in [0.15, 0.2) is 0 Å². The van der Waals surface area contributed by atoms with Crippen molar-refractivity contribution in [3.63, 3.8) is 0 Å². The van der Waals surface area contributed by atoms with E-state index in [1.807, 2.05) is 18.2 Å². The molecule has 3 nitrogen and oxygen atoms in total. The smallest absolute Gasteiger partial charge is 0.230 e. The lowest BCUT2D eigenvalue weighted by molar-refractivity contribution is -0.118. The molecule has 2 rings (SSSR count). The summed E-state index contributed by atoms with van der Waals surface area (Å²) >= 11 is 4.86. The zero-order chi connectivity index (χ0) is 11.5. The molecule has 5 heteroatoms. The van der Waals surface area contributed by atoms with Gasteiger partial charge in [0, 0.05) is 21.1 Å². The first-order valence-electron chi connectivity index (χ1n) is 5.12. The first-order chi connectivity index (χ1) is 7.65. The number of rotatable bonds is 4. The minimum Gasteiger partial charge on any atom is -0.398 e. The minimum absolute atomic E-state index is 0.0897. The van der Waals surface area contributed by atoms with Gasteiger partial charge in [0.25, 0.3) is 0 Å². The molecule has 0 saturated heterocycles. The molecule has 86 valence electrons. The molecular formula is C11H13BrN2OS. The Morgan fingerprint density at radius 1 is 1.56 bits per heavy atom. The number of carbonyl (C=O) groups excluding carboxylic acids is 1. The van der Waals surface area contributed by atoms with Crippen LogP contribution in [0.1, 0.15) is 12.8 Å². The van der Waals surface area contributed by atoms with Crippen LogP contribution in [0.15, 0.2) is 27.6 Å². The van der Waals surface area contributed by atoms with Gasteiger partial charge in [-0.2, -0.15) is 0 Å². The summed E-state index contributed by atoms with van der Waals surface area (Å²) in [5.74, 6) is 0.517. The molecular weight excluding hydrogens is 288 g/mol. The van der Waals surface area contributed by atoms with Crippen LogP contribution in [0.3, 0.4) is 0 Å². The number of hydrogen-bond acceptors (Lipinski definition) is 3. The number of carbonyl (C=O) groups is 1. The number of thioether (sulfide) groups is 1. The van der Waals surface area contributed by atoms with E-state index in [0.717, 1.165) is 22.2 Å². The largest absolute Gasteiger partial charge is 0.398 e. The zero-order valence-electron chi connectivity index (χ0n) is 8.70. The van der Waals surface area contributed by atoms with Gasteiger partial charge in [0.2, 0.25) is 5.91 Å². The fraction of sp³-hybridized carbons (Fsp3) is 0.364. The summed E-state index contributed by atoms with van der Waals surface area (Å²) < 4.78 is 0.979. The molecule has 0 unspecified atom stereocenters. The van der Waals surface area contributed by atoms with Crippen LogP contribution in [0.4, 0.5) is 5.69 Å². The van der Waals surface area contributed by atoms with Crippen LogP contribution in [0.2, 0.25) is 0 Å². The van der Waals surface area contributed by atoms with Crippen LogP contribution in [-0.4, -0.2) is 17.7 Å². The summed E-state index contributed by atoms with van der Waals surface area (Å²) in [7, 11) is 0. The highest BCUT2D eigenvalue weighted by molar-refractivity contribution is 9.10. The van der Waals surface area contributed by atoms with Crippen molar-refractivity contribution in [3.8, 4) is 0 Å². The second-order valence-electron chi connectivity index (χ2n) is 3.81. The third-order valence-electron chi connectivity index (χ3n) is 2.28. The quantitative estimate of drug-likeness (QED) is 0.663. The number of amides is 1. The van der Waals surface area contributed by atoms with E-state index in [1.54, 1.807) is 0 Å². The molecule has 1 saturated carbocycles. The topological polar surface area (TPSA) is 55.1 Å². The van der Waals surface area contributed by atoms with Crippen molar-refractivity contribution in [2.24, 2.45) is 0 Å². The van der Waals surface area contributed by atoms with E-state index >= 15 is 0 Å². The highest BCUT2D eigenvalue weighted by atomic mass is 79.9. The first kappa shape index (κ1) is 11.8. The highest BCUT2D eigenvalue weighted by Crippen LogP contribution is 2.28. The van der Waals surface area contributed by atoms with Gasteiger partial charge in [0.1, 0.15) is 0 Å². The Labute approximate surface area is 107 Å². The number of nitrogen functional groups attached to an aromatic ring is 1. The number of benzene rings is 1. The van der Waals surface area contributed by atoms with Crippen molar-refractivity contribution in [3.05, 3.63) is 22.7 Å². The van der Waals surface area contributed by atoms with Gasteiger partial charge in [-0.25, -0.2) is 0 Å². The molecule has 0 aromatic heterocycles. The number of hydrogen-bond donors (Lipinski definition) is 2. The maximum atomic E-state index is 11.5. The van der Waals surface area contributed by atoms with Gasteiger partial charge in [-0.1, -0.05) is 15.9 Å². The van der Waals surface area contributed by atoms with E-state index in [4.69, 9.17) is 5.73 Å². The van der Waals surface area contributed by atoms with Crippen molar-refractivity contribution < 1.29 is 4.79 Å². The summed E-state index contributed by atoms with van der Waals surface area (Å²) in [6.07, 6.45) is 2.24. The molecule has 1 fully saturated rings. The average molecular weight is 301 g/mol. The molecule has 3 N–H and O–H groups in total. The van der Waals surface area contributed by atoms with Crippen molar-refractivity contribution in [1.82, 2.24) is 5.32 Å². The van der Waals surface area contributed by atoms with Gasteiger partial charge in [-0.05, 0) is 31.0 Å². The maximum Gasteiger partial charge on any atom is 0.230 e. The van der Waals surface area contributed by atoms with Crippen LogP contribution >= 0.6 is 27.7 Å². The van der Waals surface area contributed by atoms with E-state index < -0.39 is 0 Å². The normalized spacial score (nSPS) is 14.8.